The van der Waals surface area contributed by atoms with Crippen LogP contribution in [0.5, 0.6) is 0 Å². The molecule has 1 aliphatic heterocycles. The van der Waals surface area contributed by atoms with Crippen LogP contribution in [0, 0.1) is 11.8 Å². The lowest BCUT2D eigenvalue weighted by Crippen LogP contribution is -2.31. The Morgan fingerprint density at radius 3 is 2.58 bits per heavy atom. The van der Waals surface area contributed by atoms with Crippen molar-refractivity contribution in [3.8, 4) is 0 Å². The molecule has 0 amide bonds. The number of hydrogen-bond donors (Lipinski definition) is 0. The molecule has 0 radical (unpaired) electrons. The molecule has 0 bridgehead atoms. The van der Waals surface area contributed by atoms with Gasteiger partial charge < -0.3 is 9.30 Å². The Hall–Kier alpha value is -1.94. The highest BCUT2D eigenvalue weighted by atomic mass is 16.6. The highest BCUT2D eigenvalue weighted by Crippen LogP contribution is 2.34. The molecule has 1 aromatic carbocycles. The van der Waals surface area contributed by atoms with E-state index < -0.39 is 5.60 Å². The Morgan fingerprint density at radius 2 is 1.96 bits per heavy atom. The molecule has 24 heavy (non-hydrogen) atoms. The number of aryl methyl sites for hydroxylation is 1. The molecular weight excluding hydrogens is 302 g/mol. The van der Waals surface area contributed by atoms with Crippen LogP contribution >= 0.6 is 0 Å². The maximum Gasteiger partial charge on any atom is 0.170 e. The summed E-state index contributed by atoms with van der Waals surface area (Å²) >= 11 is 0. The van der Waals surface area contributed by atoms with Crippen molar-refractivity contribution in [2.75, 3.05) is 6.61 Å². The third-order valence-corrected chi connectivity index (χ3v) is 4.85. The maximum atomic E-state index is 12.9. The van der Waals surface area contributed by atoms with Gasteiger partial charge >= 0.3 is 0 Å². The third-order valence-electron chi connectivity index (χ3n) is 4.85. The van der Waals surface area contributed by atoms with Crippen LogP contribution in [0.2, 0.25) is 0 Å². The van der Waals surface area contributed by atoms with Gasteiger partial charge in [-0.3, -0.25) is 9.59 Å². The molecule has 4 nitrogen and oxygen atoms in total. The van der Waals surface area contributed by atoms with E-state index in [2.05, 4.69) is 13.8 Å². The molecule has 2 aromatic rings. The number of hydrogen-bond acceptors (Lipinski definition) is 3. The number of ether oxygens (including phenoxy) is 1. The highest BCUT2D eigenvalue weighted by molar-refractivity contribution is 6.09. The summed E-state index contributed by atoms with van der Waals surface area (Å²) in [6, 6.07) is 7.87. The molecule has 0 saturated carbocycles. The van der Waals surface area contributed by atoms with Gasteiger partial charge in [0.2, 0.25) is 0 Å². The Kier molecular flexibility index (Phi) is 4.35. The summed E-state index contributed by atoms with van der Waals surface area (Å²) in [5.74, 6) is 0.199. The van der Waals surface area contributed by atoms with E-state index in [9.17, 15) is 9.59 Å². The van der Waals surface area contributed by atoms with Crippen molar-refractivity contribution in [1.82, 2.24) is 4.57 Å². The van der Waals surface area contributed by atoms with Crippen LogP contribution in [0.3, 0.4) is 0 Å². The zero-order chi connectivity index (χ0) is 17.5. The van der Waals surface area contributed by atoms with Crippen LogP contribution in [0.4, 0.5) is 0 Å². The third kappa shape index (κ3) is 3.16. The highest BCUT2D eigenvalue weighted by Gasteiger charge is 2.49. The number of benzene rings is 1. The molecule has 2 unspecified atom stereocenters. The van der Waals surface area contributed by atoms with Crippen LogP contribution in [0.1, 0.15) is 44.0 Å². The summed E-state index contributed by atoms with van der Waals surface area (Å²) in [5, 5.41) is 0.953. The summed E-state index contributed by atoms with van der Waals surface area (Å²) in [5.41, 5.74) is 1.07. The summed E-state index contributed by atoms with van der Waals surface area (Å²) < 4.78 is 7.28. The van der Waals surface area contributed by atoms with E-state index in [4.69, 9.17) is 4.74 Å². The van der Waals surface area contributed by atoms with Crippen molar-refractivity contribution < 1.29 is 14.3 Å². The molecule has 1 saturated heterocycles. The summed E-state index contributed by atoms with van der Waals surface area (Å²) in [6.45, 7) is 6.46. The Balaban J connectivity index is 1.86. The van der Waals surface area contributed by atoms with Crippen molar-refractivity contribution in [2.45, 2.75) is 39.2 Å². The first kappa shape index (κ1) is 16.9. The quantitative estimate of drug-likeness (QED) is 0.574. The number of aromatic nitrogens is 1. The summed E-state index contributed by atoms with van der Waals surface area (Å²) in [7, 11) is 1.94. The molecule has 2 atom stereocenters. The van der Waals surface area contributed by atoms with Crippen molar-refractivity contribution in [2.24, 2.45) is 18.9 Å². The van der Waals surface area contributed by atoms with Gasteiger partial charge in [-0.25, -0.2) is 0 Å². The first-order chi connectivity index (χ1) is 11.3. The van der Waals surface area contributed by atoms with Crippen LogP contribution in [-0.2, 0) is 16.6 Å². The molecule has 4 heteroatoms. The second kappa shape index (κ2) is 6.17. The van der Waals surface area contributed by atoms with E-state index in [0.717, 1.165) is 10.9 Å². The SMILES string of the molecule is CC(C)CC(CC(=O)c1cn(C)c2ccccc12)C(=O)C1(C)CO1. The second-order valence-corrected chi connectivity index (χ2v) is 7.51. The van der Waals surface area contributed by atoms with Crippen molar-refractivity contribution in [3.05, 3.63) is 36.0 Å². The van der Waals surface area contributed by atoms with Gasteiger partial charge in [0, 0.05) is 42.0 Å². The van der Waals surface area contributed by atoms with E-state index in [-0.39, 0.29) is 23.9 Å². The van der Waals surface area contributed by atoms with Gasteiger partial charge in [0.05, 0.1) is 6.61 Å². The molecule has 2 heterocycles. The zero-order valence-electron chi connectivity index (χ0n) is 14.8. The van der Waals surface area contributed by atoms with Gasteiger partial charge in [-0.1, -0.05) is 32.0 Å². The molecule has 0 aliphatic carbocycles. The summed E-state index contributed by atoms with van der Waals surface area (Å²) in [4.78, 5) is 25.6. The molecule has 1 aromatic heterocycles. The maximum absolute atomic E-state index is 12.9. The lowest BCUT2D eigenvalue weighted by Gasteiger charge is -2.19. The van der Waals surface area contributed by atoms with Crippen molar-refractivity contribution in [3.63, 3.8) is 0 Å². The standard InChI is InChI=1S/C20H25NO3/c1-13(2)9-14(19(23)20(3)12-24-20)10-18(22)16-11-21(4)17-8-6-5-7-15(16)17/h5-8,11,13-14H,9-10,12H2,1-4H3. The molecule has 1 fully saturated rings. The van der Waals surface area contributed by atoms with Crippen LogP contribution < -0.4 is 0 Å². The predicted molar refractivity (Wildman–Crippen MR) is 94.2 cm³/mol. The topological polar surface area (TPSA) is 51.6 Å². The normalized spacial score (nSPS) is 21.2. The van der Waals surface area contributed by atoms with E-state index >= 15 is 0 Å². The molecule has 0 spiro atoms. The monoisotopic (exact) mass is 327 g/mol. The van der Waals surface area contributed by atoms with Crippen LogP contribution in [0.15, 0.2) is 30.5 Å². The molecule has 1 aliphatic rings. The summed E-state index contributed by atoms with van der Waals surface area (Å²) in [6.07, 6.45) is 2.84. The second-order valence-electron chi connectivity index (χ2n) is 7.51. The molecule has 0 N–H and O–H groups in total. The average Bonchev–Trinajstić information content (AvgIpc) is 3.20. The van der Waals surface area contributed by atoms with Gasteiger partial charge in [0.1, 0.15) is 5.60 Å². The fraction of sp³-hybridized carbons (Fsp3) is 0.500. The zero-order valence-corrected chi connectivity index (χ0v) is 14.8. The molecule has 3 rings (SSSR count). The number of fused-ring (bicyclic) bond motifs is 1. The minimum Gasteiger partial charge on any atom is -0.362 e. The van der Waals surface area contributed by atoms with E-state index in [1.54, 1.807) is 0 Å². The average molecular weight is 327 g/mol. The smallest absolute Gasteiger partial charge is 0.170 e. The molecule has 128 valence electrons. The number of epoxide rings is 1. The van der Waals surface area contributed by atoms with E-state index in [1.807, 2.05) is 49.0 Å². The van der Waals surface area contributed by atoms with Gasteiger partial charge in [-0.05, 0) is 25.3 Å². The van der Waals surface area contributed by atoms with Gasteiger partial charge in [-0.2, -0.15) is 0 Å². The Labute approximate surface area is 142 Å². The fourth-order valence-electron chi connectivity index (χ4n) is 3.43. The largest absolute Gasteiger partial charge is 0.362 e. The number of nitrogens with zero attached hydrogens (tertiary/aromatic N) is 1. The van der Waals surface area contributed by atoms with E-state index in [0.29, 0.717) is 24.5 Å². The van der Waals surface area contributed by atoms with Crippen molar-refractivity contribution >= 4 is 22.5 Å². The minimum absolute atomic E-state index is 0.0371. The number of para-hydroxylation sites is 1. The Morgan fingerprint density at radius 1 is 1.29 bits per heavy atom. The number of carbonyl (C=O) groups is 2. The number of carbonyl (C=O) groups excluding carboxylic acids is 2. The predicted octanol–water partition coefficient (Wildman–Crippen LogP) is 3.77. The lowest BCUT2D eigenvalue weighted by molar-refractivity contribution is -0.128. The molecular formula is C20H25NO3. The number of rotatable bonds is 7. The van der Waals surface area contributed by atoms with Gasteiger partial charge in [0.25, 0.3) is 0 Å². The fourth-order valence-corrected chi connectivity index (χ4v) is 3.43. The van der Waals surface area contributed by atoms with Gasteiger partial charge in [0.15, 0.2) is 11.6 Å². The van der Waals surface area contributed by atoms with Gasteiger partial charge in [-0.15, -0.1) is 0 Å². The van der Waals surface area contributed by atoms with E-state index in [1.165, 1.54) is 0 Å². The lowest BCUT2D eigenvalue weighted by atomic mass is 9.83. The van der Waals surface area contributed by atoms with Crippen molar-refractivity contribution in [1.29, 1.82) is 0 Å². The first-order valence-corrected chi connectivity index (χ1v) is 8.57. The Bertz CT molecular complexity index is 783. The van der Waals surface area contributed by atoms with Crippen LogP contribution in [0.25, 0.3) is 10.9 Å². The minimum atomic E-state index is -0.668. The number of ketones is 2. The number of Topliss-reactive ketones (excluding diaryl/α,β-unsaturated/α-hetero) is 2. The first-order valence-electron chi connectivity index (χ1n) is 8.57. The van der Waals surface area contributed by atoms with Crippen LogP contribution in [-0.4, -0.2) is 28.3 Å².